The summed E-state index contributed by atoms with van der Waals surface area (Å²) in [4.78, 5) is 4.04. The van der Waals surface area contributed by atoms with Gasteiger partial charge < -0.3 is 10.8 Å². The number of hydrogen-bond acceptors (Lipinski definition) is 3. The van der Waals surface area contributed by atoms with Crippen molar-refractivity contribution in [3.8, 4) is 16.9 Å². The van der Waals surface area contributed by atoms with E-state index in [1.165, 1.54) is 0 Å². The van der Waals surface area contributed by atoms with Crippen molar-refractivity contribution in [2.45, 2.75) is 0 Å². The molecule has 5 heteroatoms. The number of phenols is 1. The second kappa shape index (κ2) is 5.20. The lowest BCUT2D eigenvalue weighted by Crippen LogP contribution is -2.36. The minimum atomic E-state index is 0.160. The van der Waals surface area contributed by atoms with Crippen LogP contribution < -0.4 is 17.0 Å². The third-order valence-electron chi connectivity index (χ3n) is 2.47. The number of aliphatic imine (C=N–C) groups is 1. The van der Waals surface area contributed by atoms with E-state index in [1.807, 2.05) is 36.4 Å². The lowest BCUT2D eigenvalue weighted by molar-refractivity contribution is 0.475. The molecule has 2 rings (SSSR count). The van der Waals surface area contributed by atoms with Crippen LogP contribution in [0.2, 0.25) is 0 Å². The van der Waals surface area contributed by atoms with Gasteiger partial charge >= 0.3 is 0 Å². The molecule has 0 bridgehead atoms. The Morgan fingerprint density at radius 3 is 1.94 bits per heavy atom. The van der Waals surface area contributed by atoms with Crippen molar-refractivity contribution in [1.82, 2.24) is 5.43 Å². The minimum absolute atomic E-state index is 0.160. The molecule has 2 aromatic carbocycles. The summed E-state index contributed by atoms with van der Waals surface area (Å²) in [5.74, 6) is 5.54. The highest BCUT2D eigenvalue weighted by molar-refractivity contribution is 5.80. The average Bonchev–Trinajstić information content (AvgIpc) is 2.40. The summed E-state index contributed by atoms with van der Waals surface area (Å²) < 4.78 is 0. The van der Waals surface area contributed by atoms with Gasteiger partial charge in [-0.1, -0.05) is 24.3 Å². The molecule has 0 radical (unpaired) electrons. The molecular weight excluding hydrogens is 228 g/mol. The highest BCUT2D eigenvalue weighted by atomic mass is 16.3. The summed E-state index contributed by atoms with van der Waals surface area (Å²) >= 11 is 0. The maximum Gasteiger partial charge on any atom is 0.208 e. The maximum absolute atomic E-state index is 9.22. The van der Waals surface area contributed by atoms with Crippen LogP contribution in [0, 0.1) is 0 Å². The molecule has 6 N–H and O–H groups in total. The number of guanidine groups is 1. The number of rotatable bonds is 2. The summed E-state index contributed by atoms with van der Waals surface area (Å²) in [6.07, 6.45) is 0. The van der Waals surface area contributed by atoms with Crippen molar-refractivity contribution in [3.63, 3.8) is 0 Å². The Bertz CT molecular complexity index is 546. The Kier molecular flexibility index (Phi) is 3.45. The summed E-state index contributed by atoms with van der Waals surface area (Å²) in [6, 6.07) is 14.5. The molecule has 0 saturated heterocycles. The second-order valence-corrected chi connectivity index (χ2v) is 3.74. The van der Waals surface area contributed by atoms with Gasteiger partial charge in [0.15, 0.2) is 0 Å². The molecule has 0 aliphatic rings. The molecule has 0 aromatic heterocycles. The van der Waals surface area contributed by atoms with Gasteiger partial charge in [-0.25, -0.2) is 10.8 Å². The largest absolute Gasteiger partial charge is 0.508 e. The van der Waals surface area contributed by atoms with Crippen LogP contribution in [0.4, 0.5) is 5.69 Å². The first-order valence-electron chi connectivity index (χ1n) is 5.39. The standard InChI is InChI=1S/C13H14N4O/c14-13(17-15)16-11-5-1-9(2-6-11)10-3-7-12(18)8-4-10/h1-8,18H,15H2,(H3,14,16,17). The number of aromatic hydroxyl groups is 1. The minimum Gasteiger partial charge on any atom is -0.508 e. The van der Waals surface area contributed by atoms with Crippen molar-refractivity contribution in [2.24, 2.45) is 16.6 Å². The maximum atomic E-state index is 9.22. The smallest absolute Gasteiger partial charge is 0.208 e. The van der Waals surface area contributed by atoms with Crippen molar-refractivity contribution in [3.05, 3.63) is 48.5 Å². The first kappa shape index (κ1) is 11.9. The zero-order valence-corrected chi connectivity index (χ0v) is 9.67. The summed E-state index contributed by atoms with van der Waals surface area (Å²) in [5.41, 5.74) is 10.5. The molecule has 5 nitrogen and oxygen atoms in total. The first-order valence-corrected chi connectivity index (χ1v) is 5.39. The average molecular weight is 242 g/mol. The molecule has 18 heavy (non-hydrogen) atoms. The Balaban J connectivity index is 2.25. The summed E-state index contributed by atoms with van der Waals surface area (Å²) in [7, 11) is 0. The number of hydrogen-bond donors (Lipinski definition) is 4. The van der Waals surface area contributed by atoms with Crippen molar-refractivity contribution in [1.29, 1.82) is 0 Å². The van der Waals surface area contributed by atoms with Crippen molar-refractivity contribution in [2.75, 3.05) is 0 Å². The van der Waals surface area contributed by atoms with Gasteiger partial charge in [-0.05, 0) is 35.4 Å². The molecule has 0 saturated carbocycles. The van der Waals surface area contributed by atoms with E-state index < -0.39 is 0 Å². The molecule has 0 aliphatic heterocycles. The summed E-state index contributed by atoms with van der Waals surface area (Å²) in [6.45, 7) is 0. The third kappa shape index (κ3) is 2.78. The zero-order valence-electron chi connectivity index (χ0n) is 9.67. The Morgan fingerprint density at radius 2 is 1.44 bits per heavy atom. The van der Waals surface area contributed by atoms with E-state index in [4.69, 9.17) is 11.6 Å². The van der Waals surface area contributed by atoms with Crippen LogP contribution in [0.15, 0.2) is 53.5 Å². The molecular formula is C13H14N4O. The van der Waals surface area contributed by atoms with Crippen LogP contribution in [-0.4, -0.2) is 11.1 Å². The first-order chi connectivity index (χ1) is 8.69. The number of nitrogens with zero attached hydrogens (tertiary/aromatic N) is 1. The van der Waals surface area contributed by atoms with E-state index in [-0.39, 0.29) is 11.7 Å². The third-order valence-corrected chi connectivity index (χ3v) is 2.47. The lowest BCUT2D eigenvalue weighted by Gasteiger charge is -2.03. The van der Waals surface area contributed by atoms with E-state index in [0.29, 0.717) is 5.69 Å². The van der Waals surface area contributed by atoms with Gasteiger partial charge in [0.1, 0.15) is 5.75 Å². The van der Waals surface area contributed by atoms with E-state index >= 15 is 0 Å². The molecule has 0 heterocycles. The van der Waals surface area contributed by atoms with E-state index in [0.717, 1.165) is 11.1 Å². The Labute approximate surface area is 105 Å². The molecule has 2 aromatic rings. The number of hydrazine groups is 1. The fourth-order valence-electron chi connectivity index (χ4n) is 1.55. The van der Waals surface area contributed by atoms with Gasteiger partial charge in [0.25, 0.3) is 0 Å². The van der Waals surface area contributed by atoms with Gasteiger partial charge in [0.2, 0.25) is 5.96 Å². The van der Waals surface area contributed by atoms with Gasteiger partial charge in [-0.2, -0.15) is 0 Å². The molecule has 0 spiro atoms. The predicted molar refractivity (Wildman–Crippen MR) is 72.1 cm³/mol. The van der Waals surface area contributed by atoms with Gasteiger partial charge in [-0.3, -0.25) is 5.43 Å². The van der Waals surface area contributed by atoms with E-state index in [9.17, 15) is 5.11 Å². The van der Waals surface area contributed by atoms with Crippen LogP contribution in [0.25, 0.3) is 11.1 Å². The molecule has 0 atom stereocenters. The van der Waals surface area contributed by atoms with Gasteiger partial charge in [0, 0.05) is 0 Å². The monoisotopic (exact) mass is 242 g/mol. The second-order valence-electron chi connectivity index (χ2n) is 3.74. The topological polar surface area (TPSA) is 96.7 Å². The fourth-order valence-corrected chi connectivity index (χ4v) is 1.55. The van der Waals surface area contributed by atoms with Gasteiger partial charge in [-0.15, -0.1) is 0 Å². The van der Waals surface area contributed by atoms with E-state index in [1.54, 1.807) is 12.1 Å². The molecule has 0 unspecified atom stereocenters. The van der Waals surface area contributed by atoms with Crippen LogP contribution in [0.3, 0.4) is 0 Å². The molecule has 0 amide bonds. The number of benzene rings is 2. The zero-order chi connectivity index (χ0) is 13.0. The van der Waals surface area contributed by atoms with Gasteiger partial charge in [0.05, 0.1) is 5.69 Å². The van der Waals surface area contributed by atoms with Crippen LogP contribution in [-0.2, 0) is 0 Å². The fraction of sp³-hybridized carbons (Fsp3) is 0. The number of phenolic OH excluding ortho intramolecular Hbond substituents is 1. The van der Waals surface area contributed by atoms with Crippen molar-refractivity contribution < 1.29 is 5.11 Å². The summed E-state index contributed by atoms with van der Waals surface area (Å²) in [5, 5.41) is 9.22. The molecule has 0 aliphatic carbocycles. The van der Waals surface area contributed by atoms with Crippen LogP contribution in [0.5, 0.6) is 5.75 Å². The van der Waals surface area contributed by atoms with Crippen LogP contribution >= 0.6 is 0 Å². The molecule has 92 valence electrons. The number of nitrogens with two attached hydrogens (primary N) is 2. The predicted octanol–water partition coefficient (Wildman–Crippen LogP) is 1.47. The SMILES string of the molecule is NNC(N)=Nc1ccc(-c2ccc(O)cc2)cc1. The highest BCUT2D eigenvalue weighted by Gasteiger charge is 1.98. The van der Waals surface area contributed by atoms with Crippen LogP contribution in [0.1, 0.15) is 0 Å². The highest BCUT2D eigenvalue weighted by Crippen LogP contribution is 2.24. The normalized spacial score (nSPS) is 11.3. The van der Waals surface area contributed by atoms with E-state index in [2.05, 4.69) is 10.4 Å². The van der Waals surface area contributed by atoms with Crippen molar-refractivity contribution >= 4 is 11.6 Å². The number of nitrogens with one attached hydrogen (secondary N) is 1. The Morgan fingerprint density at radius 1 is 0.944 bits per heavy atom. The lowest BCUT2D eigenvalue weighted by atomic mass is 10.1. The molecule has 0 fully saturated rings. The quantitative estimate of drug-likeness (QED) is 0.277. The Hall–Kier alpha value is -2.53.